The summed E-state index contributed by atoms with van der Waals surface area (Å²) in [6.07, 6.45) is 2.01. The van der Waals surface area contributed by atoms with Crippen LogP contribution in [0.5, 0.6) is 0 Å². The van der Waals surface area contributed by atoms with Gasteiger partial charge in [0.25, 0.3) is 5.69 Å². The number of hydrogen-bond acceptors (Lipinski definition) is 5. The highest BCUT2D eigenvalue weighted by Gasteiger charge is 2.20. The maximum absolute atomic E-state index is 11.1. The first kappa shape index (κ1) is 14.8. The van der Waals surface area contributed by atoms with Crippen LogP contribution in [0.1, 0.15) is 12.5 Å². The van der Waals surface area contributed by atoms with Gasteiger partial charge in [0.1, 0.15) is 5.69 Å². The summed E-state index contributed by atoms with van der Waals surface area (Å²) in [4.78, 5) is 12.6. The summed E-state index contributed by atoms with van der Waals surface area (Å²) in [6.45, 7) is 1.84. The minimum atomic E-state index is -0.406. The van der Waals surface area contributed by atoms with E-state index in [0.717, 1.165) is 5.75 Å². The molecule has 1 atom stereocenters. The van der Waals surface area contributed by atoms with Crippen LogP contribution in [0, 0.1) is 10.1 Å². The second kappa shape index (κ2) is 6.61. The lowest BCUT2D eigenvalue weighted by atomic mass is 10.1. The minimum Gasteiger partial charge on any atom is -0.392 e. The van der Waals surface area contributed by atoms with Gasteiger partial charge in [-0.15, -0.1) is 0 Å². The first-order valence-corrected chi connectivity index (χ1v) is 7.00. The van der Waals surface area contributed by atoms with Crippen LogP contribution in [0.2, 0.25) is 0 Å². The molecule has 0 saturated heterocycles. The lowest BCUT2D eigenvalue weighted by Gasteiger charge is -2.26. The summed E-state index contributed by atoms with van der Waals surface area (Å²) >= 11 is 1.70. The zero-order valence-corrected chi connectivity index (χ0v) is 11.6. The number of nitrogens with zero attached hydrogens (tertiary/aromatic N) is 2. The van der Waals surface area contributed by atoms with E-state index in [1.165, 1.54) is 6.07 Å². The number of benzene rings is 1. The predicted octanol–water partition coefficient (Wildman–Crippen LogP) is 2.27. The summed E-state index contributed by atoms with van der Waals surface area (Å²) in [5, 5.41) is 20.1. The first-order chi connectivity index (χ1) is 8.51. The number of hydrogen-bond donors (Lipinski definition) is 1. The number of aliphatic hydroxyl groups excluding tert-OH is 1. The lowest BCUT2D eigenvalue weighted by molar-refractivity contribution is -0.384. The molecule has 0 fully saturated rings. The van der Waals surface area contributed by atoms with Gasteiger partial charge in [0.05, 0.1) is 11.5 Å². The summed E-state index contributed by atoms with van der Waals surface area (Å²) in [7, 11) is 1.85. The van der Waals surface area contributed by atoms with Gasteiger partial charge in [0.2, 0.25) is 0 Å². The molecule has 0 aliphatic carbocycles. The lowest BCUT2D eigenvalue weighted by Crippen LogP contribution is -2.31. The van der Waals surface area contributed by atoms with Crippen LogP contribution < -0.4 is 4.90 Å². The van der Waals surface area contributed by atoms with Gasteiger partial charge in [0.15, 0.2) is 0 Å². The molecule has 1 rings (SSSR count). The van der Waals surface area contributed by atoms with Crippen molar-refractivity contribution in [3.63, 3.8) is 0 Å². The van der Waals surface area contributed by atoms with Crippen molar-refractivity contribution in [1.29, 1.82) is 0 Å². The summed E-state index contributed by atoms with van der Waals surface area (Å²) in [5.74, 6) is 0.898. The van der Waals surface area contributed by atoms with Gasteiger partial charge in [0, 0.05) is 24.9 Å². The fourth-order valence-electron chi connectivity index (χ4n) is 1.70. The van der Waals surface area contributed by atoms with Crippen molar-refractivity contribution < 1.29 is 10.0 Å². The maximum Gasteiger partial charge on any atom is 0.292 e. The van der Waals surface area contributed by atoms with Crippen molar-refractivity contribution in [1.82, 2.24) is 0 Å². The van der Waals surface area contributed by atoms with Crippen LogP contribution in [0.3, 0.4) is 0 Å². The molecular weight excluding hydrogens is 252 g/mol. The van der Waals surface area contributed by atoms with Crippen LogP contribution in [-0.2, 0) is 6.61 Å². The van der Waals surface area contributed by atoms with E-state index in [9.17, 15) is 10.1 Å². The number of thioether (sulfide) groups is 1. The molecule has 0 spiro atoms. The highest BCUT2D eigenvalue weighted by molar-refractivity contribution is 7.98. The Kier molecular flexibility index (Phi) is 5.43. The average molecular weight is 270 g/mol. The van der Waals surface area contributed by atoms with Crippen LogP contribution >= 0.6 is 11.8 Å². The van der Waals surface area contributed by atoms with Crippen molar-refractivity contribution >= 4 is 23.1 Å². The Morgan fingerprint density at radius 2 is 2.22 bits per heavy atom. The molecule has 0 aliphatic heterocycles. The van der Waals surface area contributed by atoms with Crippen LogP contribution in [0.15, 0.2) is 18.2 Å². The molecule has 0 aliphatic rings. The third kappa shape index (κ3) is 3.36. The highest BCUT2D eigenvalue weighted by atomic mass is 32.2. The fourth-order valence-corrected chi connectivity index (χ4v) is 2.41. The van der Waals surface area contributed by atoms with E-state index in [4.69, 9.17) is 5.11 Å². The number of anilines is 1. The Balaban J connectivity index is 3.10. The smallest absolute Gasteiger partial charge is 0.292 e. The van der Waals surface area contributed by atoms with Crippen molar-refractivity contribution in [2.45, 2.75) is 19.6 Å². The Hall–Kier alpha value is -1.27. The van der Waals surface area contributed by atoms with Crippen LogP contribution in [0.25, 0.3) is 0 Å². The number of rotatable bonds is 6. The molecule has 100 valence electrons. The molecule has 6 heteroatoms. The van der Waals surface area contributed by atoms with Gasteiger partial charge in [-0.2, -0.15) is 11.8 Å². The molecule has 0 saturated carbocycles. The molecule has 1 aromatic carbocycles. The summed E-state index contributed by atoms with van der Waals surface area (Å²) in [6, 6.07) is 5.04. The third-order valence-electron chi connectivity index (χ3n) is 2.87. The normalized spacial score (nSPS) is 12.2. The Morgan fingerprint density at radius 3 is 2.72 bits per heavy atom. The van der Waals surface area contributed by atoms with E-state index in [0.29, 0.717) is 11.3 Å². The quantitative estimate of drug-likeness (QED) is 0.634. The van der Waals surface area contributed by atoms with E-state index in [-0.39, 0.29) is 18.3 Å². The molecule has 5 nitrogen and oxygen atoms in total. The monoisotopic (exact) mass is 270 g/mol. The van der Waals surface area contributed by atoms with Crippen LogP contribution in [0.4, 0.5) is 11.4 Å². The average Bonchev–Trinajstić information content (AvgIpc) is 2.37. The van der Waals surface area contributed by atoms with Crippen molar-refractivity contribution in [3.05, 3.63) is 33.9 Å². The molecular formula is C12H18N2O3S. The van der Waals surface area contributed by atoms with E-state index in [1.54, 1.807) is 23.9 Å². The Labute approximate surface area is 111 Å². The third-order valence-corrected chi connectivity index (χ3v) is 3.68. The largest absolute Gasteiger partial charge is 0.392 e. The maximum atomic E-state index is 11.1. The number of aliphatic hydroxyl groups is 1. The van der Waals surface area contributed by atoms with Gasteiger partial charge in [-0.25, -0.2) is 0 Å². The number of nitro benzene ring substituents is 1. The predicted molar refractivity (Wildman–Crippen MR) is 75.3 cm³/mol. The second-order valence-corrected chi connectivity index (χ2v) is 5.06. The molecule has 0 radical (unpaired) electrons. The van der Waals surface area contributed by atoms with Crippen LogP contribution in [-0.4, -0.2) is 35.1 Å². The molecule has 0 amide bonds. The van der Waals surface area contributed by atoms with E-state index in [1.807, 2.05) is 25.1 Å². The minimum absolute atomic E-state index is 0.0389. The Bertz CT molecular complexity index is 426. The molecule has 18 heavy (non-hydrogen) atoms. The highest BCUT2D eigenvalue weighted by Crippen LogP contribution is 2.30. The molecule has 0 heterocycles. The topological polar surface area (TPSA) is 66.6 Å². The molecule has 1 N–H and O–H groups in total. The zero-order chi connectivity index (χ0) is 13.7. The molecule has 0 bridgehead atoms. The van der Waals surface area contributed by atoms with Gasteiger partial charge in [-0.1, -0.05) is 6.07 Å². The SMILES string of the molecule is CSCC(C)N(C)c1ccc(CO)cc1[N+](=O)[O-]. The van der Waals surface area contributed by atoms with Gasteiger partial charge >= 0.3 is 0 Å². The number of nitro groups is 1. The van der Waals surface area contributed by atoms with Crippen molar-refractivity contribution in [3.8, 4) is 0 Å². The van der Waals surface area contributed by atoms with Gasteiger partial charge < -0.3 is 10.0 Å². The zero-order valence-electron chi connectivity index (χ0n) is 10.8. The standard InChI is InChI=1S/C12H18N2O3S/c1-9(8-18-3)13(2)11-5-4-10(7-15)6-12(11)14(16)17/h4-6,9,15H,7-8H2,1-3H3. The second-order valence-electron chi connectivity index (χ2n) is 4.15. The van der Waals surface area contributed by atoms with Crippen molar-refractivity contribution in [2.24, 2.45) is 0 Å². The molecule has 0 aromatic heterocycles. The van der Waals surface area contributed by atoms with E-state index in [2.05, 4.69) is 0 Å². The fraction of sp³-hybridized carbons (Fsp3) is 0.500. The summed E-state index contributed by atoms with van der Waals surface area (Å²) in [5.41, 5.74) is 1.17. The molecule has 1 unspecified atom stereocenters. The van der Waals surface area contributed by atoms with E-state index >= 15 is 0 Å². The Morgan fingerprint density at radius 1 is 1.56 bits per heavy atom. The summed E-state index contributed by atoms with van der Waals surface area (Å²) < 4.78 is 0. The van der Waals surface area contributed by atoms with Crippen molar-refractivity contribution in [2.75, 3.05) is 24.0 Å². The first-order valence-electron chi connectivity index (χ1n) is 5.61. The van der Waals surface area contributed by atoms with E-state index < -0.39 is 4.92 Å². The van der Waals surface area contributed by atoms with Gasteiger partial charge in [-0.05, 0) is 24.8 Å². The molecule has 1 aromatic rings. The van der Waals surface area contributed by atoms with Gasteiger partial charge in [-0.3, -0.25) is 10.1 Å².